The highest BCUT2D eigenvalue weighted by Crippen LogP contribution is 2.52. The molecular weight excluding hydrogens is 440 g/mol. The van der Waals surface area contributed by atoms with Crippen LogP contribution in [0.1, 0.15) is 38.8 Å². The van der Waals surface area contributed by atoms with Gasteiger partial charge < -0.3 is 0 Å². The van der Waals surface area contributed by atoms with Gasteiger partial charge >= 0.3 is 5.82 Å². The molecule has 3 aromatic carbocycles. The van der Waals surface area contributed by atoms with E-state index in [9.17, 15) is 0 Å². The molecule has 162 valence electrons. The normalized spacial score (nSPS) is 15.1. The van der Waals surface area contributed by atoms with Gasteiger partial charge in [-0.25, -0.2) is 0 Å². The molecule has 2 aliphatic rings. The van der Waals surface area contributed by atoms with Crippen molar-refractivity contribution in [2.24, 2.45) is 11.8 Å². The minimum absolute atomic E-state index is 0.142. The van der Waals surface area contributed by atoms with Crippen molar-refractivity contribution in [3.63, 3.8) is 0 Å². The Balaban J connectivity index is 1.85. The first-order chi connectivity index (χ1) is 15.9. The summed E-state index contributed by atoms with van der Waals surface area (Å²) in [5.41, 5.74) is 2.45. The second-order valence-electron chi connectivity index (χ2n) is 9.18. The molecule has 0 N–H and O–H groups in total. The van der Waals surface area contributed by atoms with Crippen LogP contribution >= 0.6 is 23.5 Å². The topological polar surface area (TPSA) is 8.72 Å². The Kier molecular flexibility index (Phi) is 5.40. The number of benzene rings is 3. The van der Waals surface area contributed by atoms with Crippen molar-refractivity contribution in [1.82, 2.24) is 0 Å². The van der Waals surface area contributed by atoms with Crippen molar-refractivity contribution in [3.05, 3.63) is 115 Å². The molecule has 1 heterocycles. The Morgan fingerprint density at radius 1 is 0.758 bits per heavy atom. The molecule has 0 bridgehead atoms. The molecule has 0 unspecified atom stereocenters. The second kappa shape index (κ2) is 8.14. The number of rotatable bonds is 2. The summed E-state index contributed by atoms with van der Waals surface area (Å²) in [6.45, 7) is 24.1. The summed E-state index contributed by atoms with van der Waals surface area (Å²) in [4.78, 5) is 9.61. The molecule has 5 rings (SSSR count). The van der Waals surface area contributed by atoms with Gasteiger partial charge in [-0.15, -0.1) is 0 Å². The smallest absolute Gasteiger partial charge is 0.153 e. The molecule has 0 radical (unpaired) electrons. The Morgan fingerprint density at radius 3 is 1.85 bits per heavy atom. The van der Waals surface area contributed by atoms with Gasteiger partial charge in [0.05, 0.1) is 9.46 Å². The molecular formula is C29H24N2S2. The first-order valence-corrected chi connectivity index (χ1v) is 12.8. The quantitative estimate of drug-likeness (QED) is 0.388. The van der Waals surface area contributed by atoms with Crippen LogP contribution in [-0.2, 0) is 5.41 Å². The molecule has 1 aliphatic heterocycles. The molecule has 0 fully saturated rings. The maximum absolute atomic E-state index is 7.44. The second-order valence-corrected chi connectivity index (χ2v) is 11.5. The summed E-state index contributed by atoms with van der Waals surface area (Å²) < 4.78 is 1.33. The zero-order valence-corrected chi connectivity index (χ0v) is 20.8. The number of hydrogen-bond acceptors (Lipinski definition) is 2. The molecule has 0 aromatic heterocycles. The molecule has 0 atom stereocenters. The van der Waals surface area contributed by atoms with Crippen LogP contribution in [0.3, 0.4) is 0 Å². The Bertz CT molecular complexity index is 1550. The third kappa shape index (κ3) is 3.17. The van der Waals surface area contributed by atoms with Crippen LogP contribution in [0, 0.1) is 35.4 Å². The van der Waals surface area contributed by atoms with E-state index in [-0.39, 0.29) is 11.2 Å². The highest BCUT2D eigenvalue weighted by Gasteiger charge is 2.45. The maximum atomic E-state index is 7.44. The summed E-state index contributed by atoms with van der Waals surface area (Å²) in [5.74, 6) is 0.861. The van der Waals surface area contributed by atoms with E-state index < -0.39 is 0 Å². The summed E-state index contributed by atoms with van der Waals surface area (Å²) >= 11 is 3.72. The molecule has 0 spiro atoms. The van der Waals surface area contributed by atoms with Gasteiger partial charge in [0.1, 0.15) is 13.1 Å². The summed E-state index contributed by atoms with van der Waals surface area (Å²) in [6, 6.07) is 21.7. The Hall–Kier alpha value is -2.92. The van der Waals surface area contributed by atoms with Gasteiger partial charge in [0.15, 0.2) is 0 Å². The number of fused-ring (bicyclic) bond motifs is 3. The lowest BCUT2D eigenvalue weighted by Gasteiger charge is -2.41. The van der Waals surface area contributed by atoms with E-state index in [0.29, 0.717) is 11.8 Å². The van der Waals surface area contributed by atoms with Gasteiger partial charge in [-0.05, 0) is 56.8 Å². The molecule has 0 amide bonds. The van der Waals surface area contributed by atoms with E-state index in [4.69, 9.17) is 13.1 Å². The van der Waals surface area contributed by atoms with Crippen molar-refractivity contribution in [2.75, 3.05) is 0 Å². The molecule has 0 saturated heterocycles. The maximum Gasteiger partial charge on any atom is 0.526 e. The molecule has 2 nitrogen and oxygen atoms in total. The third-order valence-corrected chi connectivity index (χ3v) is 9.63. The SMILES string of the molecule is [C-]#[N+]C([N+]#[C-])=c1ccc2c(c1)C(C(C)C)(C(C)C)c1cc(=C3Sc4ccccc4S3)ccc1=2. The zero-order valence-electron chi connectivity index (χ0n) is 19.1. The standard InChI is InChI=1S/C29H24N2S2/c1-17(2)29(18(3)4)23-15-19(27(30-5)31-6)11-13-21(23)22-14-12-20(16-24(22)29)28-32-25-9-7-8-10-26(25)33-28/h7-18H,1-4H3. The third-order valence-electron chi connectivity index (χ3n) is 7.00. The highest BCUT2D eigenvalue weighted by molar-refractivity contribution is 8.32. The summed E-state index contributed by atoms with van der Waals surface area (Å²) in [7, 11) is 0. The van der Waals surface area contributed by atoms with Crippen molar-refractivity contribution in [2.45, 2.75) is 42.9 Å². The van der Waals surface area contributed by atoms with Crippen LogP contribution in [0.25, 0.3) is 19.7 Å². The fraction of sp³-hybridized carbons (Fsp3) is 0.241. The lowest BCUT2D eigenvalue weighted by atomic mass is 9.62. The number of thioether (sulfide) groups is 2. The summed E-state index contributed by atoms with van der Waals surface area (Å²) in [6.07, 6.45) is 0. The fourth-order valence-electron chi connectivity index (χ4n) is 5.68. The molecule has 0 saturated carbocycles. The molecule has 1 aliphatic carbocycles. The van der Waals surface area contributed by atoms with E-state index in [2.05, 4.69) is 92.0 Å². The lowest BCUT2D eigenvalue weighted by molar-refractivity contribution is 0.276. The van der Waals surface area contributed by atoms with Crippen molar-refractivity contribution < 1.29 is 0 Å². The van der Waals surface area contributed by atoms with Crippen LogP contribution in [0.15, 0.2) is 70.5 Å². The van der Waals surface area contributed by atoms with Gasteiger partial charge in [-0.3, -0.25) is 0 Å². The summed E-state index contributed by atoms with van der Waals surface area (Å²) in [5, 5.41) is 4.51. The monoisotopic (exact) mass is 464 g/mol. The van der Waals surface area contributed by atoms with Gasteiger partial charge in [0.2, 0.25) is 0 Å². The van der Waals surface area contributed by atoms with E-state index in [1.165, 1.54) is 40.8 Å². The number of hydrogen-bond donors (Lipinski definition) is 0. The van der Waals surface area contributed by atoms with Crippen molar-refractivity contribution >= 4 is 33.6 Å². The highest BCUT2D eigenvalue weighted by atomic mass is 32.2. The fourth-order valence-corrected chi connectivity index (χ4v) is 8.15. The van der Waals surface area contributed by atoms with E-state index in [1.807, 2.05) is 29.6 Å². The minimum atomic E-state index is -0.173. The van der Waals surface area contributed by atoms with Crippen LogP contribution in [-0.4, -0.2) is 0 Å². The van der Waals surface area contributed by atoms with Gasteiger partial charge in [-0.1, -0.05) is 93.7 Å². The van der Waals surface area contributed by atoms with Gasteiger partial charge in [0, 0.05) is 15.2 Å². The predicted octanol–water partition coefficient (Wildman–Crippen LogP) is 6.75. The largest absolute Gasteiger partial charge is 0.526 e. The van der Waals surface area contributed by atoms with Crippen LogP contribution in [0.5, 0.6) is 0 Å². The van der Waals surface area contributed by atoms with Crippen molar-refractivity contribution in [3.8, 4) is 0 Å². The Labute approximate surface area is 203 Å². The number of nitrogens with zero attached hydrogens (tertiary/aromatic N) is 2. The van der Waals surface area contributed by atoms with E-state index in [1.54, 1.807) is 0 Å². The first-order valence-electron chi connectivity index (χ1n) is 11.2. The lowest BCUT2D eigenvalue weighted by Crippen LogP contribution is -2.39. The van der Waals surface area contributed by atoms with Gasteiger partial charge in [-0.2, -0.15) is 9.69 Å². The molecule has 33 heavy (non-hydrogen) atoms. The average molecular weight is 465 g/mol. The van der Waals surface area contributed by atoms with E-state index in [0.717, 1.165) is 5.22 Å². The zero-order chi connectivity index (χ0) is 23.3. The van der Waals surface area contributed by atoms with Crippen LogP contribution in [0.2, 0.25) is 0 Å². The molecule has 4 heteroatoms. The predicted molar refractivity (Wildman–Crippen MR) is 138 cm³/mol. The van der Waals surface area contributed by atoms with Crippen molar-refractivity contribution in [1.29, 1.82) is 0 Å². The first kappa shape index (κ1) is 21.9. The Morgan fingerprint density at radius 2 is 1.30 bits per heavy atom. The van der Waals surface area contributed by atoms with Crippen LogP contribution < -0.4 is 10.4 Å². The average Bonchev–Trinajstić information content (AvgIpc) is 3.37. The van der Waals surface area contributed by atoms with Crippen LogP contribution in [0.4, 0.5) is 0 Å². The molecule has 3 aromatic rings. The van der Waals surface area contributed by atoms with Gasteiger partial charge in [0.25, 0.3) is 0 Å². The van der Waals surface area contributed by atoms with E-state index >= 15 is 0 Å². The minimum Gasteiger partial charge on any atom is -0.153 e.